The molecule has 0 saturated carbocycles. The molecule has 2 aliphatic rings. The minimum Gasteiger partial charge on any atom is -0.486 e. The fourth-order valence-electron chi connectivity index (χ4n) is 3.05. The Bertz CT molecular complexity index is 532. The van der Waals surface area contributed by atoms with Crippen molar-refractivity contribution in [3.8, 4) is 5.75 Å². The number of nitrogens with one attached hydrogen (secondary N) is 2. The molecule has 1 aromatic rings. The van der Waals surface area contributed by atoms with E-state index in [1.807, 2.05) is 24.3 Å². The summed E-state index contributed by atoms with van der Waals surface area (Å²) in [7, 11) is 2.11. The molecular formula is C17H25N3O3. The third-order valence-corrected chi connectivity index (χ3v) is 4.36. The highest BCUT2D eigenvalue weighted by Gasteiger charge is 2.21. The van der Waals surface area contributed by atoms with Gasteiger partial charge in [-0.15, -0.1) is 0 Å². The molecule has 23 heavy (non-hydrogen) atoms. The van der Waals surface area contributed by atoms with Crippen molar-refractivity contribution in [3.63, 3.8) is 0 Å². The molecular weight excluding hydrogens is 294 g/mol. The fourth-order valence-corrected chi connectivity index (χ4v) is 3.05. The molecule has 2 saturated heterocycles. The average Bonchev–Trinajstić information content (AvgIpc) is 3.19. The lowest BCUT2D eigenvalue weighted by Gasteiger charge is -2.17. The van der Waals surface area contributed by atoms with E-state index < -0.39 is 0 Å². The Hall–Kier alpha value is -1.79. The largest absolute Gasteiger partial charge is 0.486 e. The number of urea groups is 1. The van der Waals surface area contributed by atoms with Crippen LogP contribution < -0.4 is 15.4 Å². The highest BCUT2D eigenvalue weighted by molar-refractivity contribution is 5.90. The Morgan fingerprint density at radius 1 is 1.39 bits per heavy atom. The fraction of sp³-hybridized carbons (Fsp3) is 0.588. The molecule has 2 aliphatic heterocycles. The van der Waals surface area contributed by atoms with Gasteiger partial charge in [0.15, 0.2) is 0 Å². The quantitative estimate of drug-likeness (QED) is 0.870. The number of ether oxygens (including phenoxy) is 2. The van der Waals surface area contributed by atoms with Crippen molar-refractivity contribution in [3.05, 3.63) is 24.3 Å². The number of carbonyl (C=O) groups excluding carboxylic acids is 1. The van der Waals surface area contributed by atoms with Crippen molar-refractivity contribution in [2.24, 2.45) is 5.92 Å². The lowest BCUT2D eigenvalue weighted by atomic mass is 10.1. The molecule has 2 amide bonds. The second-order valence-corrected chi connectivity index (χ2v) is 6.35. The Kier molecular flexibility index (Phi) is 5.35. The number of hydrogen-bond donors (Lipinski definition) is 2. The van der Waals surface area contributed by atoms with Gasteiger partial charge in [-0.2, -0.15) is 0 Å². The molecule has 0 bridgehead atoms. The first-order valence-corrected chi connectivity index (χ1v) is 8.27. The van der Waals surface area contributed by atoms with Crippen LogP contribution in [0.3, 0.4) is 0 Å². The van der Waals surface area contributed by atoms with Crippen LogP contribution in [-0.4, -0.2) is 56.9 Å². The van der Waals surface area contributed by atoms with Crippen molar-refractivity contribution in [2.45, 2.75) is 18.9 Å². The molecule has 6 nitrogen and oxygen atoms in total. The van der Waals surface area contributed by atoms with Crippen LogP contribution in [0.4, 0.5) is 10.5 Å². The summed E-state index contributed by atoms with van der Waals surface area (Å²) in [5.41, 5.74) is 0.695. The van der Waals surface area contributed by atoms with Crippen LogP contribution in [-0.2, 0) is 4.74 Å². The SMILES string of the molecule is CN1CCC(CNC(=O)Nc2ccccc2OC2CCOC2)C1. The number of para-hydroxylation sites is 2. The monoisotopic (exact) mass is 319 g/mol. The molecule has 1 aromatic carbocycles. The van der Waals surface area contributed by atoms with Crippen LogP contribution in [0.5, 0.6) is 5.75 Å². The number of carbonyl (C=O) groups is 1. The van der Waals surface area contributed by atoms with E-state index in [1.54, 1.807) is 0 Å². The summed E-state index contributed by atoms with van der Waals surface area (Å²) < 4.78 is 11.3. The molecule has 2 unspecified atom stereocenters. The minimum atomic E-state index is -0.182. The van der Waals surface area contributed by atoms with Gasteiger partial charge in [-0.05, 0) is 38.1 Å². The molecule has 0 aliphatic carbocycles. The molecule has 3 rings (SSSR count). The van der Waals surface area contributed by atoms with E-state index in [0.717, 1.165) is 32.5 Å². The summed E-state index contributed by atoms with van der Waals surface area (Å²) in [6, 6.07) is 7.34. The first kappa shape index (κ1) is 16.1. The Balaban J connectivity index is 1.51. The van der Waals surface area contributed by atoms with Gasteiger partial charge >= 0.3 is 6.03 Å². The summed E-state index contributed by atoms with van der Waals surface area (Å²) in [6.45, 7) is 4.19. The van der Waals surface area contributed by atoms with Gasteiger partial charge < -0.3 is 25.0 Å². The van der Waals surface area contributed by atoms with Crippen LogP contribution >= 0.6 is 0 Å². The van der Waals surface area contributed by atoms with Crippen LogP contribution in [0.1, 0.15) is 12.8 Å². The van der Waals surface area contributed by atoms with Crippen LogP contribution in [0.15, 0.2) is 24.3 Å². The van der Waals surface area contributed by atoms with Crippen LogP contribution in [0.25, 0.3) is 0 Å². The maximum absolute atomic E-state index is 12.1. The highest BCUT2D eigenvalue weighted by Crippen LogP contribution is 2.26. The molecule has 2 fully saturated rings. The van der Waals surface area contributed by atoms with Gasteiger partial charge in [0, 0.05) is 19.5 Å². The zero-order valence-corrected chi connectivity index (χ0v) is 13.6. The number of rotatable bonds is 5. The van der Waals surface area contributed by atoms with E-state index in [1.165, 1.54) is 0 Å². The minimum absolute atomic E-state index is 0.0648. The number of hydrogen-bond acceptors (Lipinski definition) is 4. The predicted octanol–water partition coefficient (Wildman–Crippen LogP) is 1.93. The maximum atomic E-state index is 12.1. The van der Waals surface area contributed by atoms with Gasteiger partial charge in [0.05, 0.1) is 18.9 Å². The average molecular weight is 319 g/mol. The van der Waals surface area contributed by atoms with E-state index in [-0.39, 0.29) is 12.1 Å². The molecule has 0 aromatic heterocycles. The van der Waals surface area contributed by atoms with Gasteiger partial charge in [-0.3, -0.25) is 0 Å². The number of amides is 2. The van der Waals surface area contributed by atoms with Gasteiger partial charge in [-0.1, -0.05) is 12.1 Å². The molecule has 2 heterocycles. The first-order valence-electron chi connectivity index (χ1n) is 8.27. The number of nitrogens with zero attached hydrogens (tertiary/aromatic N) is 1. The third kappa shape index (κ3) is 4.59. The summed E-state index contributed by atoms with van der Waals surface area (Å²) in [5.74, 6) is 1.23. The summed E-state index contributed by atoms with van der Waals surface area (Å²) in [5, 5.41) is 5.85. The van der Waals surface area contributed by atoms with Crippen molar-refractivity contribution in [2.75, 3.05) is 45.2 Å². The smallest absolute Gasteiger partial charge is 0.319 e. The zero-order chi connectivity index (χ0) is 16.1. The molecule has 126 valence electrons. The van der Waals surface area contributed by atoms with Crippen molar-refractivity contribution in [1.82, 2.24) is 10.2 Å². The lowest BCUT2D eigenvalue weighted by molar-refractivity contribution is 0.142. The van der Waals surface area contributed by atoms with E-state index in [4.69, 9.17) is 9.47 Å². The summed E-state index contributed by atoms with van der Waals surface area (Å²) in [6.07, 6.45) is 2.09. The predicted molar refractivity (Wildman–Crippen MR) is 88.9 cm³/mol. The van der Waals surface area contributed by atoms with Crippen molar-refractivity contribution < 1.29 is 14.3 Å². The number of benzene rings is 1. The number of likely N-dealkylation sites (tertiary alicyclic amines) is 1. The maximum Gasteiger partial charge on any atom is 0.319 e. The Morgan fingerprint density at radius 2 is 2.26 bits per heavy atom. The Morgan fingerprint density at radius 3 is 3.00 bits per heavy atom. The Labute approximate surface area is 137 Å². The topological polar surface area (TPSA) is 62.8 Å². The van der Waals surface area contributed by atoms with Crippen molar-refractivity contribution >= 4 is 11.7 Å². The molecule has 2 N–H and O–H groups in total. The van der Waals surface area contributed by atoms with Gasteiger partial charge in [0.25, 0.3) is 0 Å². The first-order chi connectivity index (χ1) is 11.2. The van der Waals surface area contributed by atoms with E-state index in [9.17, 15) is 4.79 Å². The highest BCUT2D eigenvalue weighted by atomic mass is 16.5. The van der Waals surface area contributed by atoms with E-state index in [0.29, 0.717) is 30.5 Å². The van der Waals surface area contributed by atoms with Gasteiger partial charge in [0.2, 0.25) is 0 Å². The van der Waals surface area contributed by atoms with Gasteiger partial charge in [0.1, 0.15) is 11.9 Å². The second kappa shape index (κ2) is 7.66. The molecule has 0 radical (unpaired) electrons. The van der Waals surface area contributed by atoms with Crippen LogP contribution in [0, 0.1) is 5.92 Å². The molecule has 0 spiro atoms. The number of anilines is 1. The van der Waals surface area contributed by atoms with E-state index >= 15 is 0 Å². The normalized spacial score (nSPS) is 24.6. The van der Waals surface area contributed by atoms with E-state index in [2.05, 4.69) is 22.6 Å². The van der Waals surface area contributed by atoms with Crippen molar-refractivity contribution in [1.29, 1.82) is 0 Å². The zero-order valence-electron chi connectivity index (χ0n) is 13.6. The second-order valence-electron chi connectivity index (χ2n) is 6.35. The lowest BCUT2D eigenvalue weighted by Crippen LogP contribution is -2.34. The molecule has 6 heteroatoms. The van der Waals surface area contributed by atoms with Crippen LogP contribution in [0.2, 0.25) is 0 Å². The molecule has 2 atom stereocenters. The van der Waals surface area contributed by atoms with Gasteiger partial charge in [-0.25, -0.2) is 4.79 Å². The summed E-state index contributed by atoms with van der Waals surface area (Å²) >= 11 is 0. The third-order valence-electron chi connectivity index (χ3n) is 4.36. The summed E-state index contributed by atoms with van der Waals surface area (Å²) in [4.78, 5) is 14.4. The standard InChI is InChI=1S/C17H25N3O3/c1-20-8-6-13(11-20)10-18-17(21)19-15-4-2-3-5-16(15)23-14-7-9-22-12-14/h2-5,13-14H,6-12H2,1H3,(H2,18,19,21).